The van der Waals surface area contributed by atoms with Crippen LogP contribution >= 0.6 is 11.6 Å². The monoisotopic (exact) mass is 289 g/mol. The van der Waals surface area contributed by atoms with Gasteiger partial charge in [0.15, 0.2) is 0 Å². The molecule has 1 aromatic carbocycles. The number of sulfonamides is 1. The maximum atomic E-state index is 12.0. The molecule has 0 atom stereocenters. The Kier molecular flexibility index (Phi) is 3.35. The van der Waals surface area contributed by atoms with Gasteiger partial charge in [-0.2, -0.15) is 0 Å². The largest absolute Gasteiger partial charge is 0.379 e. The first-order valence-corrected chi connectivity index (χ1v) is 7.11. The van der Waals surface area contributed by atoms with E-state index in [1.807, 2.05) is 4.72 Å². The lowest BCUT2D eigenvalue weighted by atomic mass is 9.88. The molecule has 1 heterocycles. The normalized spacial score (nSPS) is 17.9. The third-order valence-electron chi connectivity index (χ3n) is 2.74. The third kappa shape index (κ3) is 2.36. The quantitative estimate of drug-likeness (QED) is 0.907. The summed E-state index contributed by atoms with van der Waals surface area (Å²) in [4.78, 5) is 11.7. The topological polar surface area (TPSA) is 72.5 Å². The first-order chi connectivity index (χ1) is 8.35. The van der Waals surface area contributed by atoms with E-state index in [2.05, 4.69) is 0 Å². The van der Waals surface area contributed by atoms with E-state index in [9.17, 15) is 13.2 Å². The number of halogens is 1. The standard InChI is InChI=1S/C11H12ClNO4S/c1-11(6-17-7-11)10(14)13-18(15,16)9-5-3-2-4-8(9)12/h2-5H,6-7H2,1H3,(H,13,14). The SMILES string of the molecule is CC1(C(=O)NS(=O)(=O)c2ccccc2Cl)COC1. The Bertz CT molecular complexity index is 580. The van der Waals surface area contributed by atoms with Gasteiger partial charge in [-0.25, -0.2) is 13.1 Å². The molecular formula is C11H12ClNO4S. The summed E-state index contributed by atoms with van der Waals surface area (Å²) in [5.74, 6) is -0.575. The van der Waals surface area contributed by atoms with Gasteiger partial charge in [-0.05, 0) is 19.1 Å². The predicted molar refractivity (Wildman–Crippen MR) is 65.7 cm³/mol. The maximum absolute atomic E-state index is 12.0. The Morgan fingerprint density at radius 1 is 1.39 bits per heavy atom. The lowest BCUT2D eigenvalue weighted by Crippen LogP contribution is -2.53. The van der Waals surface area contributed by atoms with Crippen molar-refractivity contribution in [3.05, 3.63) is 29.3 Å². The Labute approximate surface area is 110 Å². The fourth-order valence-electron chi connectivity index (χ4n) is 1.50. The van der Waals surface area contributed by atoms with Crippen molar-refractivity contribution in [1.29, 1.82) is 0 Å². The highest BCUT2D eigenvalue weighted by Crippen LogP contribution is 2.28. The van der Waals surface area contributed by atoms with Gasteiger partial charge >= 0.3 is 0 Å². The molecule has 1 amide bonds. The van der Waals surface area contributed by atoms with Crippen molar-refractivity contribution in [2.75, 3.05) is 13.2 Å². The minimum absolute atomic E-state index is 0.0767. The van der Waals surface area contributed by atoms with E-state index < -0.39 is 21.3 Å². The Morgan fingerprint density at radius 3 is 2.50 bits per heavy atom. The molecule has 0 unspecified atom stereocenters. The van der Waals surface area contributed by atoms with E-state index in [4.69, 9.17) is 16.3 Å². The Hall–Kier alpha value is -1.11. The van der Waals surface area contributed by atoms with Crippen LogP contribution in [-0.2, 0) is 19.6 Å². The smallest absolute Gasteiger partial charge is 0.265 e. The second-order valence-electron chi connectivity index (χ2n) is 4.42. The fraction of sp³-hybridized carbons (Fsp3) is 0.364. The molecule has 2 rings (SSSR count). The number of hydrogen-bond donors (Lipinski definition) is 1. The molecule has 1 saturated heterocycles. The predicted octanol–water partition coefficient (Wildman–Crippen LogP) is 1.18. The highest BCUT2D eigenvalue weighted by Gasteiger charge is 2.42. The molecule has 7 heteroatoms. The molecule has 1 aliphatic heterocycles. The van der Waals surface area contributed by atoms with Gasteiger partial charge in [0.1, 0.15) is 4.90 Å². The number of rotatable bonds is 3. The summed E-state index contributed by atoms with van der Waals surface area (Å²) in [6.45, 7) is 2.09. The van der Waals surface area contributed by atoms with Crippen molar-refractivity contribution in [2.24, 2.45) is 5.41 Å². The molecule has 0 saturated carbocycles. The van der Waals surface area contributed by atoms with Crippen LogP contribution in [0.2, 0.25) is 5.02 Å². The first kappa shape index (κ1) is 13.3. The summed E-state index contributed by atoms with van der Waals surface area (Å²) in [6, 6.07) is 5.95. The lowest BCUT2D eigenvalue weighted by Gasteiger charge is -2.35. The molecular weight excluding hydrogens is 278 g/mol. The van der Waals surface area contributed by atoms with Crippen LogP contribution in [0.15, 0.2) is 29.2 Å². The number of amides is 1. The van der Waals surface area contributed by atoms with Crippen molar-refractivity contribution in [3.8, 4) is 0 Å². The average Bonchev–Trinajstić information content (AvgIpc) is 2.25. The zero-order valence-corrected chi connectivity index (χ0v) is 11.2. The zero-order valence-electron chi connectivity index (χ0n) is 9.64. The van der Waals surface area contributed by atoms with E-state index in [1.54, 1.807) is 19.1 Å². The van der Waals surface area contributed by atoms with Gasteiger partial charge in [-0.15, -0.1) is 0 Å². The summed E-state index contributed by atoms with van der Waals surface area (Å²) in [6.07, 6.45) is 0. The van der Waals surface area contributed by atoms with Crippen molar-refractivity contribution in [2.45, 2.75) is 11.8 Å². The Morgan fingerprint density at radius 2 is 2.00 bits per heavy atom. The second-order valence-corrected chi connectivity index (χ2v) is 6.48. The number of ether oxygens (including phenoxy) is 1. The van der Waals surface area contributed by atoms with Crippen LogP contribution < -0.4 is 4.72 Å². The van der Waals surface area contributed by atoms with E-state index in [0.717, 1.165) is 0 Å². The van der Waals surface area contributed by atoms with Gasteiger partial charge < -0.3 is 4.74 Å². The highest BCUT2D eigenvalue weighted by atomic mass is 35.5. The van der Waals surface area contributed by atoms with Crippen molar-refractivity contribution in [3.63, 3.8) is 0 Å². The van der Waals surface area contributed by atoms with Gasteiger partial charge in [0.25, 0.3) is 10.0 Å². The second kappa shape index (κ2) is 4.53. The molecule has 1 aromatic rings. The fourth-order valence-corrected chi connectivity index (χ4v) is 3.13. The molecule has 98 valence electrons. The molecule has 1 fully saturated rings. The summed E-state index contributed by atoms with van der Waals surface area (Å²) >= 11 is 5.80. The number of hydrogen-bond acceptors (Lipinski definition) is 4. The molecule has 18 heavy (non-hydrogen) atoms. The maximum Gasteiger partial charge on any atom is 0.265 e. The third-order valence-corrected chi connectivity index (χ3v) is 4.57. The molecule has 0 spiro atoms. The van der Waals surface area contributed by atoms with Crippen LogP contribution in [0.1, 0.15) is 6.92 Å². The number of benzene rings is 1. The van der Waals surface area contributed by atoms with Gasteiger partial charge in [-0.1, -0.05) is 23.7 Å². The summed E-state index contributed by atoms with van der Waals surface area (Å²) in [5.41, 5.74) is -0.783. The molecule has 0 aromatic heterocycles. The molecule has 0 aliphatic carbocycles. The Balaban J connectivity index is 2.23. The van der Waals surface area contributed by atoms with E-state index in [0.29, 0.717) is 0 Å². The summed E-state index contributed by atoms with van der Waals surface area (Å²) in [5, 5.41) is 0.0767. The van der Waals surface area contributed by atoms with Gasteiger partial charge in [0.2, 0.25) is 5.91 Å². The van der Waals surface area contributed by atoms with Gasteiger partial charge in [0.05, 0.1) is 23.7 Å². The molecule has 1 aliphatic rings. The zero-order chi connectivity index (χ0) is 13.4. The highest BCUT2D eigenvalue weighted by molar-refractivity contribution is 7.90. The van der Waals surface area contributed by atoms with Crippen LogP contribution in [0.3, 0.4) is 0 Å². The van der Waals surface area contributed by atoms with E-state index in [-0.39, 0.29) is 23.1 Å². The van der Waals surface area contributed by atoms with Gasteiger partial charge in [-0.3, -0.25) is 4.79 Å². The summed E-state index contributed by atoms with van der Waals surface area (Å²) < 4.78 is 30.9. The van der Waals surface area contributed by atoms with Crippen molar-refractivity contribution in [1.82, 2.24) is 4.72 Å². The van der Waals surface area contributed by atoms with E-state index >= 15 is 0 Å². The first-order valence-electron chi connectivity index (χ1n) is 5.25. The van der Waals surface area contributed by atoms with Crippen molar-refractivity contribution < 1.29 is 17.9 Å². The summed E-state index contributed by atoms with van der Waals surface area (Å²) in [7, 11) is -3.94. The molecule has 0 radical (unpaired) electrons. The van der Waals surface area contributed by atoms with Crippen LogP contribution in [0.4, 0.5) is 0 Å². The number of nitrogens with one attached hydrogen (secondary N) is 1. The molecule has 5 nitrogen and oxygen atoms in total. The van der Waals surface area contributed by atoms with Crippen LogP contribution in [-0.4, -0.2) is 27.5 Å². The lowest BCUT2D eigenvalue weighted by molar-refractivity contribution is -0.155. The van der Waals surface area contributed by atoms with Crippen LogP contribution in [0, 0.1) is 5.41 Å². The molecule has 1 N–H and O–H groups in total. The van der Waals surface area contributed by atoms with Crippen LogP contribution in [0.25, 0.3) is 0 Å². The minimum atomic E-state index is -3.94. The van der Waals surface area contributed by atoms with Crippen molar-refractivity contribution >= 4 is 27.5 Å². The minimum Gasteiger partial charge on any atom is -0.379 e. The van der Waals surface area contributed by atoms with Crippen LogP contribution in [0.5, 0.6) is 0 Å². The average molecular weight is 290 g/mol. The molecule has 0 bridgehead atoms. The van der Waals surface area contributed by atoms with E-state index in [1.165, 1.54) is 12.1 Å². The number of carbonyl (C=O) groups excluding carboxylic acids is 1. The number of carbonyl (C=O) groups is 1. The van der Waals surface area contributed by atoms with Gasteiger partial charge in [0, 0.05) is 0 Å².